The Morgan fingerprint density at radius 3 is 2.87 bits per heavy atom. The van der Waals surface area contributed by atoms with Crippen LogP contribution in [0.15, 0.2) is 34.9 Å². The van der Waals surface area contributed by atoms with Gasteiger partial charge in [-0.2, -0.15) is 4.98 Å². The lowest BCUT2D eigenvalue weighted by Crippen LogP contribution is -2.30. The van der Waals surface area contributed by atoms with Gasteiger partial charge in [-0.05, 0) is 18.4 Å². The number of rotatable bonds is 4. The van der Waals surface area contributed by atoms with Crippen LogP contribution >= 0.6 is 0 Å². The third-order valence-corrected chi connectivity index (χ3v) is 4.49. The minimum absolute atomic E-state index is 0.0370. The lowest BCUT2D eigenvalue weighted by atomic mass is 10.0. The van der Waals surface area contributed by atoms with E-state index in [-0.39, 0.29) is 11.9 Å². The number of nitrogens with zero attached hydrogens (tertiary/aromatic N) is 3. The summed E-state index contributed by atoms with van der Waals surface area (Å²) in [6.07, 6.45) is 2.77. The largest absolute Gasteiger partial charge is 0.355 e. The van der Waals surface area contributed by atoms with E-state index in [2.05, 4.69) is 32.5 Å². The Balaban J connectivity index is 1.56. The highest BCUT2D eigenvalue weighted by Crippen LogP contribution is 2.38. The van der Waals surface area contributed by atoms with Gasteiger partial charge in [-0.15, -0.1) is 0 Å². The predicted octanol–water partition coefficient (Wildman–Crippen LogP) is 2.01. The molecule has 2 heterocycles. The van der Waals surface area contributed by atoms with Crippen molar-refractivity contribution >= 4 is 5.91 Å². The molecule has 1 atom stereocenters. The van der Waals surface area contributed by atoms with Crippen LogP contribution in [0.1, 0.15) is 48.5 Å². The lowest BCUT2D eigenvalue weighted by Gasteiger charge is -2.27. The van der Waals surface area contributed by atoms with Crippen LogP contribution in [-0.4, -0.2) is 34.0 Å². The van der Waals surface area contributed by atoms with E-state index in [0.29, 0.717) is 31.3 Å². The summed E-state index contributed by atoms with van der Waals surface area (Å²) in [5.41, 5.74) is 1.14. The van der Waals surface area contributed by atoms with Gasteiger partial charge in [0.25, 0.3) is 0 Å². The molecular formula is C17H20N4O2. The normalized spacial score (nSPS) is 22.6. The van der Waals surface area contributed by atoms with Gasteiger partial charge in [0, 0.05) is 31.5 Å². The summed E-state index contributed by atoms with van der Waals surface area (Å²) in [7, 11) is 0. The van der Waals surface area contributed by atoms with Crippen LogP contribution in [0.3, 0.4) is 0 Å². The van der Waals surface area contributed by atoms with Gasteiger partial charge in [-0.1, -0.05) is 35.5 Å². The number of aromatic nitrogens is 2. The quantitative estimate of drug-likeness (QED) is 0.935. The second-order valence-corrected chi connectivity index (χ2v) is 6.27. The van der Waals surface area contributed by atoms with E-state index in [0.717, 1.165) is 30.8 Å². The molecule has 2 aliphatic rings. The van der Waals surface area contributed by atoms with Crippen LogP contribution in [0.5, 0.6) is 0 Å². The fourth-order valence-electron chi connectivity index (χ4n) is 3.08. The molecule has 1 aromatic heterocycles. The highest BCUT2D eigenvalue weighted by Gasteiger charge is 2.31. The monoisotopic (exact) mass is 312 g/mol. The third-order valence-electron chi connectivity index (χ3n) is 4.49. The van der Waals surface area contributed by atoms with Gasteiger partial charge in [0.05, 0.1) is 6.54 Å². The molecule has 1 aliphatic heterocycles. The minimum Gasteiger partial charge on any atom is -0.355 e. The first kappa shape index (κ1) is 14.4. The van der Waals surface area contributed by atoms with Gasteiger partial charge in [-0.3, -0.25) is 9.69 Å². The van der Waals surface area contributed by atoms with Crippen molar-refractivity contribution in [3.8, 4) is 0 Å². The molecule has 6 nitrogen and oxygen atoms in total. The van der Waals surface area contributed by atoms with Gasteiger partial charge in [0.1, 0.15) is 0 Å². The van der Waals surface area contributed by atoms with Crippen molar-refractivity contribution in [1.82, 2.24) is 20.4 Å². The number of carbonyl (C=O) groups excluding carboxylic acids is 1. The number of carbonyl (C=O) groups is 1. The molecule has 1 saturated carbocycles. The van der Waals surface area contributed by atoms with Crippen molar-refractivity contribution in [2.45, 2.75) is 37.8 Å². The van der Waals surface area contributed by atoms with Crippen molar-refractivity contribution in [2.75, 3.05) is 13.1 Å². The topological polar surface area (TPSA) is 71.3 Å². The Kier molecular flexibility index (Phi) is 3.83. The SMILES string of the molecule is O=C1C[C@H](c2ccccc2)N(Cc2nc(C3CC3)no2)CCN1. The highest BCUT2D eigenvalue weighted by molar-refractivity contribution is 5.77. The second-order valence-electron chi connectivity index (χ2n) is 6.27. The Morgan fingerprint density at radius 1 is 1.26 bits per heavy atom. The molecule has 2 aromatic rings. The third kappa shape index (κ3) is 3.27. The zero-order valence-corrected chi connectivity index (χ0v) is 12.9. The van der Waals surface area contributed by atoms with Gasteiger partial charge < -0.3 is 9.84 Å². The summed E-state index contributed by atoms with van der Waals surface area (Å²) in [4.78, 5) is 18.7. The highest BCUT2D eigenvalue weighted by atomic mass is 16.5. The number of benzene rings is 1. The summed E-state index contributed by atoms with van der Waals surface area (Å²) in [5.74, 6) is 2.05. The van der Waals surface area contributed by atoms with Crippen LogP contribution in [0, 0.1) is 0 Å². The summed E-state index contributed by atoms with van der Waals surface area (Å²) in [6, 6.07) is 10.2. The van der Waals surface area contributed by atoms with E-state index >= 15 is 0 Å². The first-order chi connectivity index (χ1) is 11.3. The molecule has 0 spiro atoms. The fraction of sp³-hybridized carbons (Fsp3) is 0.471. The molecule has 23 heavy (non-hydrogen) atoms. The molecule has 4 rings (SSSR count). The molecule has 1 amide bonds. The van der Waals surface area contributed by atoms with Crippen LogP contribution < -0.4 is 5.32 Å². The van der Waals surface area contributed by atoms with Gasteiger partial charge in [0.15, 0.2) is 5.82 Å². The van der Waals surface area contributed by atoms with E-state index in [1.165, 1.54) is 0 Å². The summed E-state index contributed by atoms with van der Waals surface area (Å²) in [5, 5.41) is 7.03. The first-order valence-electron chi connectivity index (χ1n) is 8.18. The van der Waals surface area contributed by atoms with Crippen molar-refractivity contribution in [3.05, 3.63) is 47.6 Å². The predicted molar refractivity (Wildman–Crippen MR) is 83.5 cm³/mol. The smallest absolute Gasteiger partial charge is 0.240 e. The fourth-order valence-corrected chi connectivity index (χ4v) is 3.08. The maximum absolute atomic E-state index is 12.0. The Bertz CT molecular complexity index is 681. The number of hydrogen-bond donors (Lipinski definition) is 1. The second kappa shape index (κ2) is 6.12. The average Bonchev–Trinajstić information content (AvgIpc) is 3.34. The summed E-state index contributed by atoms with van der Waals surface area (Å²) >= 11 is 0. The number of hydrogen-bond acceptors (Lipinski definition) is 5. The Morgan fingerprint density at radius 2 is 2.09 bits per heavy atom. The van der Waals surface area contributed by atoms with Crippen molar-refractivity contribution in [2.24, 2.45) is 0 Å². The maximum Gasteiger partial charge on any atom is 0.240 e. The molecule has 1 aliphatic carbocycles. The zero-order chi connectivity index (χ0) is 15.6. The van der Waals surface area contributed by atoms with Crippen molar-refractivity contribution in [1.29, 1.82) is 0 Å². The Labute approximate surface area is 134 Å². The maximum atomic E-state index is 12.0. The molecule has 6 heteroatoms. The zero-order valence-electron chi connectivity index (χ0n) is 12.9. The molecule has 120 valence electrons. The standard InChI is InChI=1S/C17H20N4O2/c22-15-10-14(12-4-2-1-3-5-12)21(9-8-18-15)11-16-19-17(20-23-16)13-6-7-13/h1-5,13-14H,6-11H2,(H,18,22)/t14-/m1/s1. The van der Waals surface area contributed by atoms with Gasteiger partial charge in [0.2, 0.25) is 11.8 Å². The van der Waals surface area contributed by atoms with Crippen LogP contribution in [0.25, 0.3) is 0 Å². The first-order valence-corrected chi connectivity index (χ1v) is 8.18. The van der Waals surface area contributed by atoms with E-state index in [1.807, 2.05) is 18.2 Å². The van der Waals surface area contributed by atoms with Gasteiger partial charge in [-0.25, -0.2) is 0 Å². The molecule has 1 N–H and O–H groups in total. The summed E-state index contributed by atoms with van der Waals surface area (Å²) < 4.78 is 5.41. The van der Waals surface area contributed by atoms with E-state index < -0.39 is 0 Å². The Hall–Kier alpha value is -2.21. The average molecular weight is 312 g/mol. The molecule has 0 unspecified atom stereocenters. The lowest BCUT2D eigenvalue weighted by molar-refractivity contribution is -0.121. The molecule has 1 saturated heterocycles. The van der Waals surface area contributed by atoms with Crippen LogP contribution in [0.4, 0.5) is 0 Å². The molecule has 2 fully saturated rings. The molecule has 0 bridgehead atoms. The van der Waals surface area contributed by atoms with E-state index in [1.54, 1.807) is 0 Å². The van der Waals surface area contributed by atoms with Crippen LogP contribution in [-0.2, 0) is 11.3 Å². The molecule has 0 radical (unpaired) electrons. The van der Waals surface area contributed by atoms with E-state index in [4.69, 9.17) is 4.52 Å². The van der Waals surface area contributed by atoms with Crippen molar-refractivity contribution < 1.29 is 9.32 Å². The molecule has 1 aromatic carbocycles. The number of nitrogens with one attached hydrogen (secondary N) is 1. The number of amides is 1. The van der Waals surface area contributed by atoms with Crippen molar-refractivity contribution in [3.63, 3.8) is 0 Å². The van der Waals surface area contributed by atoms with Crippen LogP contribution in [0.2, 0.25) is 0 Å². The van der Waals surface area contributed by atoms with Gasteiger partial charge >= 0.3 is 0 Å². The summed E-state index contributed by atoms with van der Waals surface area (Å²) in [6.45, 7) is 1.99. The molecular weight excluding hydrogens is 292 g/mol. The van der Waals surface area contributed by atoms with E-state index in [9.17, 15) is 4.79 Å². The minimum atomic E-state index is 0.0370.